The lowest BCUT2D eigenvalue weighted by Crippen LogP contribution is -2.30. The zero-order valence-corrected chi connectivity index (χ0v) is 12.7. The fraction of sp³-hybridized carbons (Fsp3) is 0.231. The van der Waals surface area contributed by atoms with Crippen LogP contribution in [0.4, 0.5) is 4.39 Å². The molecule has 0 fully saturated rings. The molecule has 0 radical (unpaired) electrons. The summed E-state index contributed by atoms with van der Waals surface area (Å²) in [6.45, 7) is 4.00. The summed E-state index contributed by atoms with van der Waals surface area (Å²) in [5.41, 5.74) is 4.44. The van der Waals surface area contributed by atoms with E-state index in [-0.39, 0.29) is 12.4 Å². The van der Waals surface area contributed by atoms with Crippen LogP contribution in [0.25, 0.3) is 0 Å². The first-order valence-corrected chi connectivity index (χ1v) is 6.72. The fourth-order valence-electron chi connectivity index (χ4n) is 1.91. The first-order valence-electron chi connectivity index (χ1n) is 5.93. The van der Waals surface area contributed by atoms with E-state index in [0.717, 1.165) is 15.9 Å². The minimum absolute atomic E-state index is 0.246. The van der Waals surface area contributed by atoms with Crippen molar-refractivity contribution in [3.05, 3.63) is 51.0 Å². The topological polar surface area (TPSA) is 72.9 Å². The van der Waals surface area contributed by atoms with Gasteiger partial charge in [0.25, 0.3) is 5.91 Å². The molecule has 0 spiro atoms. The Morgan fingerprint density at radius 1 is 1.50 bits per heavy atom. The Morgan fingerprint density at radius 3 is 2.75 bits per heavy atom. The van der Waals surface area contributed by atoms with E-state index in [4.69, 9.17) is 5.84 Å². The number of carbonyl (C=O) groups is 1. The van der Waals surface area contributed by atoms with E-state index >= 15 is 0 Å². The maximum absolute atomic E-state index is 13.8. The number of amides is 1. The second-order valence-electron chi connectivity index (χ2n) is 4.42. The second-order valence-corrected chi connectivity index (χ2v) is 5.22. The number of aryl methyl sites for hydroxylation is 1. The van der Waals surface area contributed by atoms with Crippen LogP contribution in [0.15, 0.2) is 22.7 Å². The molecule has 0 saturated carbocycles. The van der Waals surface area contributed by atoms with E-state index < -0.39 is 5.91 Å². The molecule has 0 saturated heterocycles. The van der Waals surface area contributed by atoms with Gasteiger partial charge in [0.1, 0.15) is 5.82 Å². The van der Waals surface area contributed by atoms with Crippen molar-refractivity contribution in [2.45, 2.75) is 20.4 Å². The van der Waals surface area contributed by atoms with Gasteiger partial charge in [-0.05, 0) is 48.0 Å². The highest BCUT2D eigenvalue weighted by atomic mass is 79.9. The summed E-state index contributed by atoms with van der Waals surface area (Å²) in [6.07, 6.45) is 0. The predicted octanol–water partition coefficient (Wildman–Crippen LogP) is 2.05. The summed E-state index contributed by atoms with van der Waals surface area (Å²) >= 11 is 3.42. The van der Waals surface area contributed by atoms with Crippen molar-refractivity contribution in [1.82, 2.24) is 15.2 Å². The lowest BCUT2D eigenvalue weighted by Gasteiger charge is -2.08. The molecule has 20 heavy (non-hydrogen) atoms. The molecular weight excluding hydrogens is 327 g/mol. The maximum atomic E-state index is 13.8. The highest BCUT2D eigenvalue weighted by Crippen LogP contribution is 2.21. The maximum Gasteiger partial charge on any atom is 0.265 e. The normalized spacial score (nSPS) is 10.7. The molecule has 1 heterocycles. The molecule has 1 amide bonds. The highest BCUT2D eigenvalue weighted by molar-refractivity contribution is 9.10. The molecule has 5 nitrogen and oxygen atoms in total. The molecular formula is C13H14BrFN4O. The highest BCUT2D eigenvalue weighted by Gasteiger charge is 2.13. The van der Waals surface area contributed by atoms with Gasteiger partial charge in [0, 0.05) is 11.1 Å². The molecule has 3 N–H and O–H groups in total. The summed E-state index contributed by atoms with van der Waals surface area (Å²) in [5.74, 6) is 4.23. The smallest absolute Gasteiger partial charge is 0.265 e. The third-order valence-electron chi connectivity index (χ3n) is 3.05. The largest absolute Gasteiger partial charge is 0.290 e. The van der Waals surface area contributed by atoms with E-state index in [1.165, 1.54) is 18.2 Å². The predicted molar refractivity (Wildman–Crippen MR) is 76.6 cm³/mol. The van der Waals surface area contributed by atoms with Crippen molar-refractivity contribution >= 4 is 21.8 Å². The van der Waals surface area contributed by atoms with Gasteiger partial charge < -0.3 is 0 Å². The van der Waals surface area contributed by atoms with Crippen molar-refractivity contribution < 1.29 is 9.18 Å². The molecule has 0 aliphatic carbocycles. The van der Waals surface area contributed by atoms with E-state index in [0.29, 0.717) is 11.1 Å². The van der Waals surface area contributed by atoms with Crippen molar-refractivity contribution in [2.75, 3.05) is 0 Å². The van der Waals surface area contributed by atoms with Crippen LogP contribution >= 0.6 is 15.9 Å². The first kappa shape index (κ1) is 14.7. The van der Waals surface area contributed by atoms with Gasteiger partial charge in [-0.2, -0.15) is 5.10 Å². The van der Waals surface area contributed by atoms with Gasteiger partial charge in [-0.15, -0.1) is 0 Å². The fourth-order valence-corrected chi connectivity index (χ4v) is 2.19. The number of nitrogens with zero attached hydrogens (tertiary/aromatic N) is 2. The Labute approximate surface area is 124 Å². The number of aromatic nitrogens is 2. The van der Waals surface area contributed by atoms with Crippen molar-refractivity contribution in [3.63, 3.8) is 0 Å². The van der Waals surface area contributed by atoms with E-state index in [1.54, 1.807) is 4.68 Å². The minimum Gasteiger partial charge on any atom is -0.290 e. The molecule has 0 atom stereocenters. The minimum atomic E-state index is -0.458. The average molecular weight is 341 g/mol. The van der Waals surface area contributed by atoms with E-state index in [2.05, 4.69) is 21.0 Å². The molecule has 2 rings (SSSR count). The molecule has 1 aromatic carbocycles. The summed E-state index contributed by atoms with van der Waals surface area (Å²) in [6, 6.07) is 4.11. The molecule has 0 unspecified atom stereocenters. The Balaban J connectivity index is 2.37. The standard InChI is InChI=1S/C13H14BrFN4O/c1-7-12(14)8(2)19(18-7)6-10-5-9(13(20)17-16)3-4-11(10)15/h3-5H,6,16H2,1-2H3,(H,17,20). The number of nitrogens with two attached hydrogens (primary N) is 1. The number of carbonyl (C=O) groups excluding carboxylic acids is 1. The number of halogens is 2. The monoisotopic (exact) mass is 340 g/mol. The number of hydrogen-bond acceptors (Lipinski definition) is 3. The number of benzene rings is 1. The van der Waals surface area contributed by atoms with Crippen LogP contribution in [-0.2, 0) is 6.54 Å². The molecule has 1 aromatic heterocycles. The Morgan fingerprint density at radius 2 is 2.20 bits per heavy atom. The quantitative estimate of drug-likeness (QED) is 0.510. The number of hydrogen-bond donors (Lipinski definition) is 2. The SMILES string of the molecule is Cc1nn(Cc2cc(C(=O)NN)ccc2F)c(C)c1Br. The van der Waals surface area contributed by atoms with Crippen LogP contribution in [0, 0.1) is 19.7 Å². The summed E-state index contributed by atoms with van der Waals surface area (Å²) < 4.78 is 16.4. The van der Waals surface area contributed by atoms with Crippen molar-refractivity contribution in [1.29, 1.82) is 0 Å². The third kappa shape index (κ3) is 2.73. The third-order valence-corrected chi connectivity index (χ3v) is 4.20. The first-order chi connectivity index (χ1) is 9.43. The van der Waals surface area contributed by atoms with Gasteiger partial charge in [0.05, 0.1) is 22.4 Å². The summed E-state index contributed by atoms with van der Waals surface area (Å²) in [4.78, 5) is 11.5. The van der Waals surface area contributed by atoms with Gasteiger partial charge in [0.2, 0.25) is 0 Å². The molecule has 0 bridgehead atoms. The second kappa shape index (κ2) is 5.72. The lowest BCUT2D eigenvalue weighted by molar-refractivity contribution is 0.0953. The van der Waals surface area contributed by atoms with Crippen LogP contribution in [0.1, 0.15) is 27.3 Å². The van der Waals surface area contributed by atoms with Gasteiger partial charge in [-0.25, -0.2) is 10.2 Å². The van der Waals surface area contributed by atoms with Crippen LogP contribution in [-0.4, -0.2) is 15.7 Å². The average Bonchev–Trinajstić information content (AvgIpc) is 2.68. The van der Waals surface area contributed by atoms with Crippen LogP contribution in [0.2, 0.25) is 0 Å². The number of nitrogen functional groups attached to an aromatic ring is 1. The Kier molecular flexibility index (Phi) is 4.20. The molecule has 7 heteroatoms. The van der Waals surface area contributed by atoms with Crippen molar-refractivity contribution in [2.24, 2.45) is 5.84 Å². The van der Waals surface area contributed by atoms with Crippen LogP contribution in [0.5, 0.6) is 0 Å². The van der Waals surface area contributed by atoms with E-state index in [9.17, 15) is 9.18 Å². The zero-order chi connectivity index (χ0) is 14.9. The van der Waals surface area contributed by atoms with Crippen molar-refractivity contribution in [3.8, 4) is 0 Å². The molecule has 2 aromatic rings. The van der Waals surface area contributed by atoms with Crippen LogP contribution in [0.3, 0.4) is 0 Å². The zero-order valence-electron chi connectivity index (χ0n) is 11.1. The summed E-state index contributed by atoms with van der Waals surface area (Å²) in [5, 5.41) is 4.32. The van der Waals surface area contributed by atoms with E-state index in [1.807, 2.05) is 19.3 Å². The number of hydrazine groups is 1. The number of rotatable bonds is 3. The lowest BCUT2D eigenvalue weighted by atomic mass is 10.1. The van der Waals surface area contributed by atoms with Gasteiger partial charge >= 0.3 is 0 Å². The van der Waals surface area contributed by atoms with Gasteiger partial charge in [-0.3, -0.25) is 14.9 Å². The molecule has 0 aliphatic heterocycles. The van der Waals surface area contributed by atoms with Gasteiger partial charge in [-0.1, -0.05) is 0 Å². The van der Waals surface area contributed by atoms with Crippen LogP contribution < -0.4 is 11.3 Å². The Bertz CT molecular complexity index is 669. The molecule has 106 valence electrons. The Hall–Kier alpha value is -1.73. The summed E-state index contributed by atoms with van der Waals surface area (Å²) in [7, 11) is 0. The van der Waals surface area contributed by atoms with Gasteiger partial charge in [0.15, 0.2) is 0 Å². The molecule has 0 aliphatic rings. The number of nitrogens with one attached hydrogen (secondary N) is 1.